The van der Waals surface area contributed by atoms with Crippen molar-refractivity contribution in [1.29, 1.82) is 0 Å². The molecule has 1 nitrogen and oxygen atoms in total. The zero-order valence-corrected chi connectivity index (χ0v) is 14.6. The van der Waals surface area contributed by atoms with E-state index in [2.05, 4.69) is 85.8 Å². The van der Waals surface area contributed by atoms with Crippen LogP contribution < -0.4 is 4.74 Å². The number of fused-ring (bicyclic) bond motifs is 5. The smallest absolute Gasteiger partial charge is 0.135 e. The maximum atomic E-state index is 6.29. The molecule has 0 aromatic heterocycles. The minimum absolute atomic E-state index is 0.901. The molecule has 0 saturated heterocycles. The third-order valence-electron chi connectivity index (χ3n) is 4.98. The van der Waals surface area contributed by atoms with Crippen molar-refractivity contribution < 1.29 is 4.74 Å². The zero-order valence-electron chi connectivity index (χ0n) is 14.6. The number of benzene rings is 4. The fraction of sp³-hybridized carbons (Fsp3) is 0.0400. The second-order valence-corrected chi connectivity index (χ2v) is 6.72. The van der Waals surface area contributed by atoms with E-state index in [1.165, 1.54) is 27.8 Å². The van der Waals surface area contributed by atoms with Crippen LogP contribution in [0.2, 0.25) is 0 Å². The highest BCUT2D eigenvalue weighted by atomic mass is 16.5. The van der Waals surface area contributed by atoms with Crippen LogP contribution in [0.25, 0.3) is 33.4 Å². The van der Waals surface area contributed by atoms with E-state index in [0.29, 0.717) is 0 Å². The zero-order chi connectivity index (χ0) is 17.5. The highest BCUT2D eigenvalue weighted by molar-refractivity contribution is 5.92. The quantitative estimate of drug-likeness (QED) is 0.317. The molecule has 0 N–H and O–H groups in total. The Morgan fingerprint density at radius 2 is 1.08 bits per heavy atom. The van der Waals surface area contributed by atoms with Crippen LogP contribution in [0.15, 0.2) is 91.0 Å². The van der Waals surface area contributed by atoms with E-state index in [-0.39, 0.29) is 0 Å². The molecule has 0 aliphatic carbocycles. The summed E-state index contributed by atoms with van der Waals surface area (Å²) in [5.74, 6) is 1.81. The molecule has 0 bridgehead atoms. The summed E-state index contributed by atoms with van der Waals surface area (Å²) in [6.07, 6.45) is 0. The molecule has 0 fully saturated rings. The molecule has 0 radical (unpaired) electrons. The summed E-state index contributed by atoms with van der Waals surface area (Å²) in [4.78, 5) is 0. The summed E-state index contributed by atoms with van der Waals surface area (Å²) in [6, 6.07) is 31.9. The van der Waals surface area contributed by atoms with Gasteiger partial charge in [-0.1, -0.05) is 78.4 Å². The highest BCUT2D eigenvalue weighted by Gasteiger charge is 2.20. The van der Waals surface area contributed by atoms with Gasteiger partial charge in [0.1, 0.15) is 11.5 Å². The van der Waals surface area contributed by atoms with Crippen molar-refractivity contribution in [2.45, 2.75) is 6.92 Å². The fourth-order valence-electron chi connectivity index (χ4n) is 3.60. The topological polar surface area (TPSA) is 9.23 Å². The molecule has 1 heterocycles. The van der Waals surface area contributed by atoms with Crippen LogP contribution in [0.4, 0.5) is 0 Å². The standard InChI is InChI=1S/C25H18O/c1-17-10-12-18(13-11-17)19-14-15-25-23(16-19)21-7-3-2-6-20(21)22-8-4-5-9-24(22)26-25/h2-16H,1H3. The fourth-order valence-corrected chi connectivity index (χ4v) is 3.60. The Balaban J connectivity index is 1.75. The van der Waals surface area contributed by atoms with Gasteiger partial charge in [0.15, 0.2) is 0 Å². The molecular weight excluding hydrogens is 316 g/mol. The third-order valence-corrected chi connectivity index (χ3v) is 4.98. The Labute approximate surface area is 153 Å². The van der Waals surface area contributed by atoms with Crippen molar-refractivity contribution >= 4 is 0 Å². The van der Waals surface area contributed by atoms with Crippen molar-refractivity contribution in [3.05, 3.63) is 96.6 Å². The molecule has 0 spiro atoms. The molecule has 1 aliphatic heterocycles. The number of hydrogen-bond donors (Lipinski definition) is 0. The van der Waals surface area contributed by atoms with Crippen LogP contribution in [0, 0.1) is 6.92 Å². The van der Waals surface area contributed by atoms with Gasteiger partial charge in [0.25, 0.3) is 0 Å². The normalized spacial score (nSPS) is 11.6. The average molecular weight is 334 g/mol. The Bertz CT molecular complexity index is 1110. The van der Waals surface area contributed by atoms with Gasteiger partial charge in [0.2, 0.25) is 0 Å². The van der Waals surface area contributed by atoms with Crippen LogP contribution in [-0.4, -0.2) is 0 Å². The molecule has 0 unspecified atom stereocenters. The van der Waals surface area contributed by atoms with Crippen molar-refractivity contribution in [3.63, 3.8) is 0 Å². The van der Waals surface area contributed by atoms with E-state index in [1.807, 2.05) is 12.1 Å². The lowest BCUT2D eigenvalue weighted by Gasteiger charge is -2.11. The number of ether oxygens (including phenoxy) is 1. The molecule has 4 aromatic rings. The van der Waals surface area contributed by atoms with E-state index in [0.717, 1.165) is 22.6 Å². The van der Waals surface area contributed by atoms with E-state index in [4.69, 9.17) is 4.74 Å². The predicted octanol–water partition coefficient (Wildman–Crippen LogP) is 7.10. The van der Waals surface area contributed by atoms with Gasteiger partial charge in [-0.3, -0.25) is 0 Å². The summed E-state index contributed by atoms with van der Waals surface area (Å²) >= 11 is 0. The first-order valence-corrected chi connectivity index (χ1v) is 8.87. The van der Waals surface area contributed by atoms with Gasteiger partial charge in [-0.25, -0.2) is 0 Å². The molecule has 5 rings (SSSR count). The summed E-state index contributed by atoms with van der Waals surface area (Å²) in [5, 5.41) is 0. The second kappa shape index (κ2) is 5.89. The van der Waals surface area contributed by atoms with Crippen LogP contribution in [0.5, 0.6) is 11.5 Å². The Morgan fingerprint density at radius 1 is 0.500 bits per heavy atom. The van der Waals surface area contributed by atoms with Gasteiger partial charge in [0, 0.05) is 11.1 Å². The molecule has 1 aliphatic rings. The Morgan fingerprint density at radius 3 is 1.85 bits per heavy atom. The number of rotatable bonds is 1. The summed E-state index contributed by atoms with van der Waals surface area (Å²) < 4.78 is 6.29. The Hall–Kier alpha value is -3.32. The maximum absolute atomic E-state index is 6.29. The van der Waals surface area contributed by atoms with Crippen molar-refractivity contribution in [1.82, 2.24) is 0 Å². The molecule has 26 heavy (non-hydrogen) atoms. The van der Waals surface area contributed by atoms with Gasteiger partial charge in [0.05, 0.1) is 0 Å². The van der Waals surface area contributed by atoms with E-state index in [1.54, 1.807) is 0 Å². The second-order valence-electron chi connectivity index (χ2n) is 6.72. The van der Waals surface area contributed by atoms with Crippen LogP contribution in [0.3, 0.4) is 0 Å². The molecule has 0 atom stereocenters. The molecule has 0 saturated carbocycles. The summed E-state index contributed by atoms with van der Waals surface area (Å²) in [5.41, 5.74) is 8.38. The van der Waals surface area contributed by atoms with Crippen molar-refractivity contribution in [2.24, 2.45) is 0 Å². The van der Waals surface area contributed by atoms with E-state index < -0.39 is 0 Å². The lowest BCUT2D eigenvalue weighted by Crippen LogP contribution is -1.87. The first kappa shape index (κ1) is 15.0. The van der Waals surface area contributed by atoms with Crippen molar-refractivity contribution in [2.75, 3.05) is 0 Å². The van der Waals surface area contributed by atoms with Gasteiger partial charge in [-0.15, -0.1) is 0 Å². The van der Waals surface area contributed by atoms with Crippen LogP contribution in [-0.2, 0) is 0 Å². The van der Waals surface area contributed by atoms with E-state index in [9.17, 15) is 0 Å². The predicted molar refractivity (Wildman–Crippen MR) is 108 cm³/mol. The summed E-state index contributed by atoms with van der Waals surface area (Å²) in [6.45, 7) is 2.11. The SMILES string of the molecule is Cc1ccc(-c2ccc3c(c2)-c2ccccc2-c2ccccc2O3)cc1. The van der Waals surface area contributed by atoms with Crippen LogP contribution >= 0.6 is 0 Å². The van der Waals surface area contributed by atoms with Gasteiger partial charge in [-0.05, 0) is 47.4 Å². The minimum Gasteiger partial charge on any atom is -0.456 e. The lowest BCUT2D eigenvalue weighted by molar-refractivity contribution is 0.488. The highest BCUT2D eigenvalue weighted by Crippen LogP contribution is 2.47. The number of hydrogen-bond acceptors (Lipinski definition) is 1. The van der Waals surface area contributed by atoms with Gasteiger partial charge in [-0.2, -0.15) is 0 Å². The van der Waals surface area contributed by atoms with Crippen LogP contribution in [0.1, 0.15) is 5.56 Å². The van der Waals surface area contributed by atoms with Gasteiger partial charge >= 0.3 is 0 Å². The van der Waals surface area contributed by atoms with E-state index >= 15 is 0 Å². The maximum Gasteiger partial charge on any atom is 0.135 e. The third kappa shape index (κ3) is 2.41. The molecule has 124 valence electrons. The summed E-state index contributed by atoms with van der Waals surface area (Å²) in [7, 11) is 0. The minimum atomic E-state index is 0.901. The van der Waals surface area contributed by atoms with Gasteiger partial charge < -0.3 is 4.74 Å². The molecule has 0 amide bonds. The molecule has 4 aromatic carbocycles. The lowest BCUT2D eigenvalue weighted by atomic mass is 9.92. The number of para-hydroxylation sites is 1. The first-order chi connectivity index (χ1) is 12.8. The largest absolute Gasteiger partial charge is 0.456 e. The Kier molecular flexibility index (Phi) is 3.39. The molecular formula is C25H18O. The average Bonchev–Trinajstić information content (AvgIpc) is 2.83. The monoisotopic (exact) mass is 334 g/mol. The number of aryl methyl sites for hydroxylation is 1. The molecule has 1 heteroatoms. The van der Waals surface area contributed by atoms with Crippen molar-refractivity contribution in [3.8, 4) is 44.9 Å². The first-order valence-electron chi connectivity index (χ1n) is 8.87.